The molecule has 3 rings (SSSR count). The van der Waals surface area contributed by atoms with Crippen LogP contribution in [0.25, 0.3) is 0 Å². The topological polar surface area (TPSA) is 67.9 Å². The van der Waals surface area contributed by atoms with E-state index in [1.54, 1.807) is 18.3 Å². The van der Waals surface area contributed by atoms with Gasteiger partial charge in [-0.15, -0.1) is 5.10 Å². The van der Waals surface area contributed by atoms with Crippen molar-refractivity contribution in [3.05, 3.63) is 40.1 Å². The SMILES string of the molecule is Nc1ccc(C2CCCN2c2ncc(Cl)cc2Cl)nn1. The Labute approximate surface area is 126 Å². The van der Waals surface area contributed by atoms with Crippen molar-refractivity contribution < 1.29 is 0 Å². The summed E-state index contributed by atoms with van der Waals surface area (Å²) in [5, 5.41) is 9.16. The van der Waals surface area contributed by atoms with Crippen LogP contribution in [-0.4, -0.2) is 21.7 Å². The molecule has 2 aromatic heterocycles. The summed E-state index contributed by atoms with van der Waals surface area (Å²) in [4.78, 5) is 6.48. The molecule has 2 aromatic rings. The standard InChI is InChI=1S/C13H13Cl2N5/c14-8-6-9(15)13(17-7-8)20-5-1-2-11(20)10-3-4-12(16)19-18-10/h3-4,6-7,11H,1-2,5H2,(H2,16,19). The summed E-state index contributed by atoms with van der Waals surface area (Å²) >= 11 is 12.1. The highest BCUT2D eigenvalue weighted by atomic mass is 35.5. The Bertz CT molecular complexity index is 617. The van der Waals surface area contributed by atoms with Crippen molar-refractivity contribution in [2.75, 3.05) is 17.2 Å². The van der Waals surface area contributed by atoms with E-state index >= 15 is 0 Å². The van der Waals surface area contributed by atoms with Gasteiger partial charge in [0.05, 0.1) is 21.8 Å². The van der Waals surface area contributed by atoms with E-state index in [2.05, 4.69) is 20.1 Å². The molecule has 0 bridgehead atoms. The first-order valence-electron chi connectivity index (χ1n) is 6.32. The fourth-order valence-corrected chi connectivity index (χ4v) is 2.97. The molecular formula is C13H13Cl2N5. The van der Waals surface area contributed by atoms with Crippen LogP contribution in [-0.2, 0) is 0 Å². The Kier molecular flexibility index (Phi) is 3.63. The van der Waals surface area contributed by atoms with Crippen LogP contribution in [0.2, 0.25) is 10.0 Å². The average Bonchev–Trinajstić information content (AvgIpc) is 2.88. The first kappa shape index (κ1) is 13.4. The number of nitrogens with zero attached hydrogens (tertiary/aromatic N) is 4. The number of nitrogen functional groups attached to an aromatic ring is 1. The number of hydrogen-bond donors (Lipinski definition) is 1. The van der Waals surface area contributed by atoms with Gasteiger partial charge in [-0.25, -0.2) is 4.98 Å². The molecule has 0 aromatic carbocycles. The van der Waals surface area contributed by atoms with Crippen molar-refractivity contribution in [1.29, 1.82) is 0 Å². The van der Waals surface area contributed by atoms with Crippen LogP contribution < -0.4 is 10.6 Å². The van der Waals surface area contributed by atoms with Crippen molar-refractivity contribution in [3.63, 3.8) is 0 Å². The normalized spacial score (nSPS) is 18.5. The molecule has 5 nitrogen and oxygen atoms in total. The molecule has 1 unspecified atom stereocenters. The zero-order valence-electron chi connectivity index (χ0n) is 10.6. The lowest BCUT2D eigenvalue weighted by atomic mass is 10.1. The van der Waals surface area contributed by atoms with Gasteiger partial charge in [0, 0.05) is 12.7 Å². The highest BCUT2D eigenvalue weighted by Crippen LogP contribution is 2.37. The molecule has 0 radical (unpaired) electrons. The molecule has 1 saturated heterocycles. The van der Waals surface area contributed by atoms with Gasteiger partial charge < -0.3 is 10.6 Å². The summed E-state index contributed by atoms with van der Waals surface area (Å²) in [6, 6.07) is 5.48. The van der Waals surface area contributed by atoms with Crippen LogP contribution in [0.4, 0.5) is 11.6 Å². The third-order valence-corrected chi connectivity index (χ3v) is 3.85. The highest BCUT2D eigenvalue weighted by Gasteiger charge is 2.29. The van der Waals surface area contributed by atoms with Gasteiger partial charge in [0.15, 0.2) is 0 Å². The van der Waals surface area contributed by atoms with Crippen molar-refractivity contribution >= 4 is 34.8 Å². The smallest absolute Gasteiger partial charge is 0.148 e. The lowest BCUT2D eigenvalue weighted by Gasteiger charge is -2.25. The van der Waals surface area contributed by atoms with Crippen LogP contribution in [0.5, 0.6) is 0 Å². The third kappa shape index (κ3) is 2.51. The van der Waals surface area contributed by atoms with Crippen LogP contribution in [0.1, 0.15) is 24.6 Å². The van der Waals surface area contributed by atoms with Crippen LogP contribution >= 0.6 is 23.2 Å². The average molecular weight is 310 g/mol. The predicted molar refractivity (Wildman–Crippen MR) is 80.0 cm³/mol. The lowest BCUT2D eigenvalue weighted by molar-refractivity contribution is 0.673. The Balaban J connectivity index is 1.94. The van der Waals surface area contributed by atoms with E-state index in [0.29, 0.717) is 15.9 Å². The Morgan fingerprint density at radius 1 is 1.25 bits per heavy atom. The van der Waals surface area contributed by atoms with Gasteiger partial charge in [0.2, 0.25) is 0 Å². The number of hydrogen-bond acceptors (Lipinski definition) is 5. The minimum atomic E-state index is 0.120. The van der Waals surface area contributed by atoms with Crippen molar-refractivity contribution in [3.8, 4) is 0 Å². The molecule has 1 atom stereocenters. The van der Waals surface area contributed by atoms with E-state index in [4.69, 9.17) is 28.9 Å². The zero-order chi connectivity index (χ0) is 14.1. The summed E-state index contributed by atoms with van der Waals surface area (Å²) in [7, 11) is 0. The molecule has 0 saturated carbocycles. The van der Waals surface area contributed by atoms with Crippen molar-refractivity contribution in [2.45, 2.75) is 18.9 Å². The molecule has 0 aliphatic carbocycles. The molecule has 2 N–H and O–H groups in total. The van der Waals surface area contributed by atoms with Crippen LogP contribution in [0.3, 0.4) is 0 Å². The number of aromatic nitrogens is 3. The summed E-state index contributed by atoms with van der Waals surface area (Å²) in [6.07, 6.45) is 3.64. The fourth-order valence-electron chi connectivity index (χ4n) is 2.48. The highest BCUT2D eigenvalue weighted by molar-refractivity contribution is 6.36. The van der Waals surface area contributed by atoms with Crippen molar-refractivity contribution in [2.24, 2.45) is 0 Å². The molecule has 104 valence electrons. The fraction of sp³-hybridized carbons (Fsp3) is 0.308. The summed E-state index contributed by atoms with van der Waals surface area (Å²) in [6.45, 7) is 0.880. The van der Waals surface area contributed by atoms with Gasteiger partial charge in [0.1, 0.15) is 11.6 Å². The van der Waals surface area contributed by atoms with E-state index in [1.807, 2.05) is 6.07 Å². The molecule has 0 amide bonds. The molecule has 7 heteroatoms. The minimum absolute atomic E-state index is 0.120. The Morgan fingerprint density at radius 3 is 2.80 bits per heavy atom. The molecule has 20 heavy (non-hydrogen) atoms. The Morgan fingerprint density at radius 2 is 2.10 bits per heavy atom. The number of rotatable bonds is 2. The largest absolute Gasteiger partial charge is 0.382 e. The third-order valence-electron chi connectivity index (χ3n) is 3.36. The van der Waals surface area contributed by atoms with E-state index in [9.17, 15) is 0 Å². The molecule has 0 spiro atoms. The van der Waals surface area contributed by atoms with Gasteiger partial charge in [-0.3, -0.25) is 0 Å². The summed E-state index contributed by atoms with van der Waals surface area (Å²) in [5.41, 5.74) is 6.46. The van der Waals surface area contributed by atoms with Gasteiger partial charge in [-0.05, 0) is 31.0 Å². The quantitative estimate of drug-likeness (QED) is 0.923. The maximum Gasteiger partial charge on any atom is 0.148 e. The molecular weight excluding hydrogens is 297 g/mol. The van der Waals surface area contributed by atoms with Crippen molar-refractivity contribution in [1.82, 2.24) is 15.2 Å². The van der Waals surface area contributed by atoms with Crippen LogP contribution in [0, 0.1) is 0 Å². The van der Waals surface area contributed by atoms with Gasteiger partial charge in [-0.1, -0.05) is 23.2 Å². The van der Waals surface area contributed by atoms with E-state index < -0.39 is 0 Å². The first-order chi connectivity index (χ1) is 9.65. The van der Waals surface area contributed by atoms with E-state index in [-0.39, 0.29) is 6.04 Å². The Hall–Kier alpha value is -1.59. The number of pyridine rings is 1. The molecule has 1 fully saturated rings. The minimum Gasteiger partial charge on any atom is -0.382 e. The molecule has 3 heterocycles. The number of anilines is 2. The second-order valence-corrected chi connectivity index (χ2v) is 5.54. The second-order valence-electron chi connectivity index (χ2n) is 4.69. The monoisotopic (exact) mass is 309 g/mol. The molecule has 1 aliphatic heterocycles. The number of halogens is 2. The predicted octanol–water partition coefficient (Wildman–Crippen LogP) is 3.10. The van der Waals surface area contributed by atoms with Gasteiger partial charge >= 0.3 is 0 Å². The van der Waals surface area contributed by atoms with Crippen LogP contribution in [0.15, 0.2) is 24.4 Å². The zero-order valence-corrected chi connectivity index (χ0v) is 12.1. The lowest BCUT2D eigenvalue weighted by Crippen LogP contribution is -2.24. The van der Waals surface area contributed by atoms with Gasteiger partial charge in [0.25, 0.3) is 0 Å². The maximum atomic E-state index is 6.24. The van der Waals surface area contributed by atoms with E-state index in [0.717, 1.165) is 30.9 Å². The summed E-state index contributed by atoms with van der Waals surface area (Å²) in [5.74, 6) is 1.15. The number of nitrogens with two attached hydrogens (primary N) is 1. The molecule has 1 aliphatic rings. The van der Waals surface area contributed by atoms with E-state index in [1.165, 1.54) is 0 Å². The first-order valence-corrected chi connectivity index (χ1v) is 7.07. The second kappa shape index (κ2) is 5.42. The van der Waals surface area contributed by atoms with Gasteiger partial charge in [-0.2, -0.15) is 5.10 Å². The maximum absolute atomic E-state index is 6.24. The summed E-state index contributed by atoms with van der Waals surface area (Å²) < 4.78 is 0.